The van der Waals surface area contributed by atoms with E-state index in [0.29, 0.717) is 5.36 Å². The number of carbonyl (C=O) groups is 2. The Morgan fingerprint density at radius 1 is 0.862 bits per heavy atom. The van der Waals surface area contributed by atoms with E-state index >= 15 is 0 Å². The van der Waals surface area contributed by atoms with Crippen molar-refractivity contribution in [1.29, 1.82) is 0 Å². The molecule has 0 radical (unpaired) electrons. The number of quaternary nitrogens is 2. The molecule has 0 bridgehead atoms. The largest absolute Gasteiger partial charge is 0.545 e. The van der Waals surface area contributed by atoms with Crippen molar-refractivity contribution in [3.05, 3.63) is 77.1 Å². The number of carboxylic acid groups (broad SMARTS) is 2. The number of carbonyl (C=O) groups excluding carboxylic acids is 2. The van der Waals surface area contributed by atoms with Gasteiger partial charge in [-0.15, -0.1) is 11.3 Å². The standard InChI is InChI=1S/C20H12N2O4S.2H3N/c23-19(24)11-7-12(20(25)26)9-14(8-11)21-13-5-6-16-18(10-13)27-17-4-2-1-3-15(17)22-16;;/h1-10H,(H,23,24)(H,25,26);2*1H3. The van der Waals surface area contributed by atoms with Crippen LogP contribution in [0.1, 0.15) is 20.7 Å². The number of carboxylic acids is 2. The Balaban J connectivity index is 0.00000150. The average molecular weight is 410 g/mol. The van der Waals surface area contributed by atoms with Gasteiger partial charge >= 0.3 is 0 Å². The van der Waals surface area contributed by atoms with Crippen LogP contribution in [0, 0.1) is 0 Å². The molecule has 0 unspecified atom stereocenters. The number of rotatable bonds is 3. The van der Waals surface area contributed by atoms with Crippen molar-refractivity contribution in [3.63, 3.8) is 0 Å². The molecule has 0 spiro atoms. The maximum atomic E-state index is 11.1. The second-order valence-corrected chi connectivity index (χ2v) is 6.87. The first kappa shape index (κ1) is 21.6. The van der Waals surface area contributed by atoms with Gasteiger partial charge in [0.1, 0.15) is 0 Å². The smallest absolute Gasteiger partial charge is 0.0811 e. The number of hydrogen-bond acceptors (Lipinski definition) is 7. The van der Waals surface area contributed by atoms with E-state index in [4.69, 9.17) is 0 Å². The Bertz CT molecular complexity index is 1220. The number of nitrogens with zero attached hydrogens (tertiary/aromatic N) is 2. The molecule has 8 nitrogen and oxygen atoms in total. The molecule has 0 fully saturated rings. The molecule has 2 aromatic rings. The van der Waals surface area contributed by atoms with Crippen LogP contribution >= 0.6 is 11.3 Å². The van der Waals surface area contributed by atoms with Crippen LogP contribution in [-0.4, -0.2) is 16.9 Å². The number of aromatic carboxylic acids is 2. The van der Waals surface area contributed by atoms with Gasteiger partial charge in [-0.05, 0) is 59.7 Å². The van der Waals surface area contributed by atoms with Crippen LogP contribution in [0.2, 0.25) is 0 Å². The lowest BCUT2D eigenvalue weighted by molar-refractivity contribution is -0.255. The molecule has 0 saturated carbocycles. The van der Waals surface area contributed by atoms with Gasteiger partial charge in [-0.25, -0.2) is 9.98 Å². The van der Waals surface area contributed by atoms with Crippen molar-refractivity contribution in [1.82, 2.24) is 17.3 Å². The fourth-order valence-corrected chi connectivity index (χ4v) is 3.69. The highest BCUT2D eigenvalue weighted by Crippen LogP contribution is 2.29. The quantitative estimate of drug-likeness (QED) is 0.490. The first-order chi connectivity index (χ1) is 13.0. The number of benzene rings is 3. The van der Waals surface area contributed by atoms with Crippen LogP contribution in [0.15, 0.2) is 65.7 Å². The van der Waals surface area contributed by atoms with Gasteiger partial charge in [0.25, 0.3) is 0 Å². The monoisotopic (exact) mass is 410 g/mol. The van der Waals surface area contributed by atoms with E-state index in [2.05, 4.69) is 9.98 Å². The summed E-state index contributed by atoms with van der Waals surface area (Å²) in [4.78, 5) is 32.1. The number of fused-ring (bicyclic) bond motifs is 2. The molecule has 2 aromatic carbocycles. The Morgan fingerprint density at radius 2 is 1.52 bits per heavy atom. The van der Waals surface area contributed by atoms with Crippen molar-refractivity contribution in [3.8, 4) is 10.6 Å². The van der Waals surface area contributed by atoms with Gasteiger partial charge in [-0.2, -0.15) is 0 Å². The zero-order valence-electron chi connectivity index (χ0n) is 15.7. The Morgan fingerprint density at radius 3 is 2.17 bits per heavy atom. The van der Waals surface area contributed by atoms with E-state index in [-0.39, 0.29) is 29.1 Å². The number of para-hydroxylation sites is 1. The summed E-state index contributed by atoms with van der Waals surface area (Å²) in [6.07, 6.45) is 0. The van der Waals surface area contributed by atoms with Crippen molar-refractivity contribution in [2.24, 2.45) is 4.99 Å². The average Bonchev–Trinajstić information content (AvgIpc) is 2.66. The summed E-state index contributed by atoms with van der Waals surface area (Å²) in [6.45, 7) is 0. The Labute approximate surface area is 169 Å². The van der Waals surface area contributed by atoms with Crippen molar-refractivity contribution in [2.75, 3.05) is 0 Å². The van der Waals surface area contributed by atoms with Crippen molar-refractivity contribution in [2.45, 2.75) is 0 Å². The number of aromatic nitrogens is 1. The predicted octanol–water partition coefficient (Wildman–Crippen LogP) is 2.11. The molecular weight excluding hydrogens is 392 g/mol. The first-order valence-electron chi connectivity index (χ1n) is 7.92. The first-order valence-corrected chi connectivity index (χ1v) is 8.73. The van der Waals surface area contributed by atoms with Gasteiger partial charge in [-0.3, -0.25) is 0 Å². The molecule has 8 N–H and O–H groups in total. The van der Waals surface area contributed by atoms with Crippen molar-refractivity contribution >= 4 is 39.2 Å². The molecule has 2 aliphatic rings. The predicted molar refractivity (Wildman–Crippen MR) is 109 cm³/mol. The molecule has 29 heavy (non-hydrogen) atoms. The molecule has 4 rings (SSSR count). The van der Waals surface area contributed by atoms with E-state index < -0.39 is 11.9 Å². The third-order valence-electron chi connectivity index (χ3n) is 3.92. The zero-order valence-corrected chi connectivity index (χ0v) is 16.5. The van der Waals surface area contributed by atoms with Crippen LogP contribution in [-0.2, 0) is 0 Å². The highest BCUT2D eigenvalue weighted by Gasteiger charge is 2.07. The van der Waals surface area contributed by atoms with E-state index in [1.54, 1.807) is 17.4 Å². The van der Waals surface area contributed by atoms with E-state index in [1.807, 2.05) is 36.4 Å². The topological polar surface area (TPSA) is 179 Å². The van der Waals surface area contributed by atoms with E-state index in [0.717, 1.165) is 26.9 Å². The molecule has 9 heteroatoms. The van der Waals surface area contributed by atoms with Gasteiger partial charge in [0.2, 0.25) is 0 Å². The summed E-state index contributed by atoms with van der Waals surface area (Å²) >= 11 is 1.56. The summed E-state index contributed by atoms with van der Waals surface area (Å²) in [5.41, 5.74) is 1.36. The lowest BCUT2D eigenvalue weighted by atomic mass is 10.1. The van der Waals surface area contributed by atoms with Crippen LogP contribution in [0.25, 0.3) is 20.8 Å². The van der Waals surface area contributed by atoms with Gasteiger partial charge in [0, 0.05) is 0 Å². The maximum Gasteiger partial charge on any atom is 0.0811 e. The molecule has 0 atom stereocenters. The van der Waals surface area contributed by atoms with Gasteiger partial charge in [0.15, 0.2) is 0 Å². The highest BCUT2D eigenvalue weighted by molar-refractivity contribution is 7.21. The fraction of sp³-hybridized carbons (Fsp3) is 0. The lowest BCUT2D eigenvalue weighted by Crippen LogP contribution is -2.25. The SMILES string of the molecule is O=C([O-])c1cc(N=c2ccc3nc4ccccc4sc-3c2)cc(C(=O)[O-])c1.[NH4+].[NH4+]. The van der Waals surface area contributed by atoms with Crippen LogP contribution < -0.4 is 27.9 Å². The zero-order chi connectivity index (χ0) is 19.0. The molecule has 1 aliphatic carbocycles. The summed E-state index contributed by atoms with van der Waals surface area (Å²) in [5.74, 6) is -2.96. The molecule has 1 aliphatic heterocycles. The molecular formula is C20H18N4O4S. The minimum Gasteiger partial charge on any atom is -0.545 e. The van der Waals surface area contributed by atoms with Gasteiger partial charge in [-0.1, -0.05) is 12.1 Å². The third-order valence-corrected chi connectivity index (χ3v) is 5.03. The van der Waals surface area contributed by atoms with E-state index in [9.17, 15) is 19.8 Å². The molecule has 0 amide bonds. The van der Waals surface area contributed by atoms with Gasteiger partial charge in [0.05, 0.1) is 43.8 Å². The Hall–Kier alpha value is -3.66. The third kappa shape index (κ3) is 4.43. The summed E-state index contributed by atoms with van der Waals surface area (Å²) < 4.78 is 1.03. The molecule has 148 valence electrons. The normalized spacial score (nSPS) is 11.0. The Kier molecular flexibility index (Phi) is 6.39. The summed E-state index contributed by atoms with van der Waals surface area (Å²) in [6, 6.07) is 16.7. The van der Waals surface area contributed by atoms with Gasteiger partial charge < -0.3 is 32.1 Å². The summed E-state index contributed by atoms with van der Waals surface area (Å²) in [5, 5.41) is 22.8. The highest BCUT2D eigenvalue weighted by atomic mass is 32.1. The maximum absolute atomic E-state index is 11.1. The van der Waals surface area contributed by atoms with Crippen LogP contribution in [0.5, 0.6) is 0 Å². The van der Waals surface area contributed by atoms with Crippen LogP contribution in [0.4, 0.5) is 5.69 Å². The lowest BCUT2D eigenvalue weighted by Gasteiger charge is -2.09. The second kappa shape index (κ2) is 8.57. The fourth-order valence-electron chi connectivity index (χ4n) is 2.69. The minimum absolute atomic E-state index is 0. The minimum atomic E-state index is -1.48. The molecule has 0 saturated heterocycles. The molecule has 1 heterocycles. The van der Waals surface area contributed by atoms with Crippen molar-refractivity contribution < 1.29 is 19.8 Å². The molecule has 0 aromatic heterocycles. The number of hydrogen-bond donors (Lipinski definition) is 2. The van der Waals surface area contributed by atoms with E-state index in [1.165, 1.54) is 12.1 Å². The van der Waals surface area contributed by atoms with Crippen LogP contribution in [0.3, 0.4) is 0 Å². The second-order valence-electron chi connectivity index (χ2n) is 5.79. The summed E-state index contributed by atoms with van der Waals surface area (Å²) in [7, 11) is 0.